The molecule has 1 N–H and O–H groups in total. The summed E-state index contributed by atoms with van der Waals surface area (Å²) in [5.41, 5.74) is 3.25. The Hall–Kier alpha value is -2.66. The van der Waals surface area contributed by atoms with Gasteiger partial charge in [-0.3, -0.25) is 0 Å². The lowest BCUT2D eigenvalue weighted by molar-refractivity contribution is 0.502. The van der Waals surface area contributed by atoms with Crippen molar-refractivity contribution in [1.82, 2.24) is 9.97 Å². The van der Waals surface area contributed by atoms with Gasteiger partial charge in [0.05, 0.1) is 0 Å². The summed E-state index contributed by atoms with van der Waals surface area (Å²) in [6, 6.07) is 19.2. The summed E-state index contributed by atoms with van der Waals surface area (Å²) in [5.74, 6) is 1.90. The molecule has 1 aliphatic rings. The van der Waals surface area contributed by atoms with Crippen LogP contribution in [-0.2, 0) is 6.42 Å². The van der Waals surface area contributed by atoms with Crippen LogP contribution in [-0.4, -0.2) is 23.1 Å². The fourth-order valence-corrected chi connectivity index (χ4v) is 3.91. The molecule has 0 amide bonds. The van der Waals surface area contributed by atoms with Gasteiger partial charge in [-0.05, 0) is 55.0 Å². The van der Waals surface area contributed by atoms with Crippen LogP contribution in [0.4, 0.5) is 21.8 Å². The topological polar surface area (TPSA) is 41.1 Å². The number of piperidine rings is 1. The Morgan fingerprint density at radius 2 is 1.70 bits per heavy atom. The zero-order chi connectivity index (χ0) is 20.1. The maximum absolute atomic E-state index is 13.2. The number of aryl methyl sites for hydroxylation is 1. The predicted octanol–water partition coefficient (Wildman–Crippen LogP) is 6.12. The van der Waals surface area contributed by atoms with E-state index in [-0.39, 0.29) is 18.2 Å². The Kier molecular flexibility index (Phi) is 7.63. The highest BCUT2D eigenvalue weighted by molar-refractivity contribution is 5.85. The highest BCUT2D eigenvalue weighted by atomic mass is 35.5. The number of anilines is 3. The number of hydrogen-bond acceptors (Lipinski definition) is 4. The Balaban J connectivity index is 0.00000256. The molecule has 1 aliphatic heterocycles. The fraction of sp³-hybridized carbons (Fsp3) is 0.333. The molecule has 0 unspecified atom stereocenters. The van der Waals surface area contributed by atoms with Crippen molar-refractivity contribution in [2.24, 2.45) is 0 Å². The molecule has 1 fully saturated rings. The lowest BCUT2D eigenvalue weighted by Crippen LogP contribution is -2.33. The van der Waals surface area contributed by atoms with Gasteiger partial charge in [0.2, 0.25) is 5.95 Å². The maximum Gasteiger partial charge on any atom is 0.229 e. The second-order valence-electron chi connectivity index (χ2n) is 7.59. The molecule has 0 bridgehead atoms. The molecule has 0 saturated carbocycles. The van der Waals surface area contributed by atoms with E-state index >= 15 is 0 Å². The molecular weight excluding hydrogens is 399 g/mol. The highest BCUT2D eigenvalue weighted by Crippen LogP contribution is 2.30. The first-order chi connectivity index (χ1) is 14.2. The molecule has 4 rings (SSSR count). The van der Waals surface area contributed by atoms with Gasteiger partial charge in [0.1, 0.15) is 11.6 Å². The largest absolute Gasteiger partial charge is 0.356 e. The zero-order valence-electron chi connectivity index (χ0n) is 17.2. The minimum Gasteiger partial charge on any atom is -0.356 e. The van der Waals surface area contributed by atoms with Gasteiger partial charge >= 0.3 is 0 Å². The number of nitrogens with one attached hydrogen (secondary N) is 1. The van der Waals surface area contributed by atoms with Crippen LogP contribution in [0.3, 0.4) is 0 Å². The van der Waals surface area contributed by atoms with Gasteiger partial charge in [-0.15, -0.1) is 12.4 Å². The minimum atomic E-state index is -0.252. The molecule has 3 aromatic rings. The van der Waals surface area contributed by atoms with Gasteiger partial charge in [0.15, 0.2) is 0 Å². The maximum atomic E-state index is 13.2. The Labute approximate surface area is 184 Å². The molecule has 6 heteroatoms. The van der Waals surface area contributed by atoms with E-state index < -0.39 is 0 Å². The normalized spacial score (nSPS) is 14.3. The van der Waals surface area contributed by atoms with Gasteiger partial charge in [-0.2, -0.15) is 4.98 Å². The van der Waals surface area contributed by atoms with E-state index in [9.17, 15) is 4.39 Å². The summed E-state index contributed by atoms with van der Waals surface area (Å²) in [6.45, 7) is 4.12. The average Bonchev–Trinajstić information content (AvgIpc) is 2.76. The van der Waals surface area contributed by atoms with E-state index in [0.29, 0.717) is 11.9 Å². The van der Waals surface area contributed by atoms with E-state index in [0.717, 1.165) is 56.0 Å². The summed E-state index contributed by atoms with van der Waals surface area (Å²) in [7, 11) is 0. The molecule has 2 aromatic carbocycles. The van der Waals surface area contributed by atoms with Crippen molar-refractivity contribution in [3.8, 4) is 0 Å². The van der Waals surface area contributed by atoms with Crippen LogP contribution in [0.1, 0.15) is 43.4 Å². The van der Waals surface area contributed by atoms with Crippen LogP contribution in [0, 0.1) is 5.82 Å². The summed E-state index contributed by atoms with van der Waals surface area (Å²) < 4.78 is 13.2. The smallest absolute Gasteiger partial charge is 0.229 e. The average molecular weight is 427 g/mol. The molecular formula is C24H28ClFN4. The summed E-state index contributed by atoms with van der Waals surface area (Å²) in [4.78, 5) is 11.8. The van der Waals surface area contributed by atoms with Crippen LogP contribution >= 0.6 is 12.4 Å². The molecule has 4 nitrogen and oxygen atoms in total. The number of hydrogen-bond donors (Lipinski definition) is 1. The van der Waals surface area contributed by atoms with Gasteiger partial charge < -0.3 is 10.2 Å². The van der Waals surface area contributed by atoms with Crippen molar-refractivity contribution in [3.63, 3.8) is 0 Å². The number of aromatic nitrogens is 2. The fourth-order valence-electron chi connectivity index (χ4n) is 3.91. The predicted molar refractivity (Wildman–Crippen MR) is 124 cm³/mol. The van der Waals surface area contributed by atoms with Gasteiger partial charge in [0, 0.05) is 30.5 Å². The Bertz CT molecular complexity index is 926. The van der Waals surface area contributed by atoms with Gasteiger partial charge in [-0.1, -0.05) is 43.7 Å². The van der Waals surface area contributed by atoms with Crippen LogP contribution < -0.4 is 10.2 Å². The van der Waals surface area contributed by atoms with Crippen molar-refractivity contribution in [2.75, 3.05) is 23.3 Å². The van der Waals surface area contributed by atoms with Crippen LogP contribution in [0.15, 0.2) is 60.7 Å². The van der Waals surface area contributed by atoms with E-state index in [4.69, 9.17) is 4.98 Å². The molecule has 0 aliphatic carbocycles. The second kappa shape index (κ2) is 10.4. The van der Waals surface area contributed by atoms with Gasteiger partial charge in [0.25, 0.3) is 0 Å². The lowest BCUT2D eigenvalue weighted by atomic mass is 9.89. The molecule has 30 heavy (non-hydrogen) atoms. The van der Waals surface area contributed by atoms with Gasteiger partial charge in [-0.25, -0.2) is 9.37 Å². The first-order valence-corrected chi connectivity index (χ1v) is 10.4. The third-order valence-corrected chi connectivity index (χ3v) is 5.46. The number of rotatable bonds is 6. The first kappa shape index (κ1) is 22.0. The minimum absolute atomic E-state index is 0. The number of nitrogens with zero attached hydrogens (tertiary/aromatic N) is 3. The first-order valence-electron chi connectivity index (χ1n) is 10.4. The summed E-state index contributed by atoms with van der Waals surface area (Å²) in [5, 5.41) is 3.23. The molecule has 0 atom stereocenters. The Morgan fingerprint density at radius 1 is 1.00 bits per heavy atom. The van der Waals surface area contributed by atoms with Crippen LogP contribution in [0.5, 0.6) is 0 Å². The molecule has 158 valence electrons. The third kappa shape index (κ3) is 5.48. The lowest BCUT2D eigenvalue weighted by Gasteiger charge is -2.33. The standard InChI is InChI=1S/C24H27FN4.ClH/c1-2-6-22-17-23(28-24(27-22)26-21-11-9-20(25)10-12-21)29-15-13-19(14-16-29)18-7-4-3-5-8-18;/h3-5,7-12,17,19H,2,6,13-16H2,1H3,(H,26,27,28);1H. The summed E-state index contributed by atoms with van der Waals surface area (Å²) in [6.07, 6.45) is 4.19. The Morgan fingerprint density at radius 3 is 2.37 bits per heavy atom. The second-order valence-corrected chi connectivity index (χ2v) is 7.59. The van der Waals surface area contributed by atoms with E-state index in [1.807, 2.05) is 0 Å². The zero-order valence-corrected chi connectivity index (χ0v) is 18.0. The highest BCUT2D eigenvalue weighted by Gasteiger charge is 2.22. The van der Waals surface area contributed by atoms with Crippen LogP contribution in [0.25, 0.3) is 0 Å². The van der Waals surface area contributed by atoms with Crippen molar-refractivity contribution >= 4 is 29.9 Å². The molecule has 2 heterocycles. The van der Waals surface area contributed by atoms with E-state index in [1.54, 1.807) is 12.1 Å². The van der Waals surface area contributed by atoms with E-state index in [1.165, 1.54) is 17.7 Å². The quantitative estimate of drug-likeness (QED) is 0.515. The number of halogens is 2. The van der Waals surface area contributed by atoms with Crippen molar-refractivity contribution < 1.29 is 4.39 Å². The van der Waals surface area contributed by atoms with Crippen molar-refractivity contribution in [1.29, 1.82) is 0 Å². The molecule has 0 radical (unpaired) electrons. The molecule has 1 aromatic heterocycles. The van der Waals surface area contributed by atoms with Crippen molar-refractivity contribution in [3.05, 3.63) is 77.7 Å². The number of benzene rings is 2. The third-order valence-electron chi connectivity index (χ3n) is 5.46. The monoisotopic (exact) mass is 426 g/mol. The SMILES string of the molecule is CCCc1cc(N2CCC(c3ccccc3)CC2)nc(Nc2ccc(F)cc2)n1.Cl. The molecule has 1 saturated heterocycles. The molecule has 0 spiro atoms. The van der Waals surface area contributed by atoms with E-state index in [2.05, 4.69) is 58.5 Å². The summed E-state index contributed by atoms with van der Waals surface area (Å²) >= 11 is 0. The van der Waals surface area contributed by atoms with Crippen LogP contribution in [0.2, 0.25) is 0 Å². The van der Waals surface area contributed by atoms with Crippen molar-refractivity contribution in [2.45, 2.75) is 38.5 Å².